The first-order valence-corrected chi connectivity index (χ1v) is 8.22. The van der Waals surface area contributed by atoms with Crippen molar-refractivity contribution in [3.63, 3.8) is 0 Å². The summed E-state index contributed by atoms with van der Waals surface area (Å²) in [5, 5.41) is 12.4. The van der Waals surface area contributed by atoms with Gasteiger partial charge in [0, 0.05) is 0 Å². The molecule has 4 heteroatoms. The Kier molecular flexibility index (Phi) is 7.52. The smallest absolute Gasteiger partial charge is 0.323 e. The Labute approximate surface area is 123 Å². The highest BCUT2D eigenvalue weighted by Gasteiger charge is 2.31. The second kappa shape index (κ2) is 8.63. The van der Waals surface area contributed by atoms with Gasteiger partial charge in [0.1, 0.15) is 5.54 Å². The zero-order chi connectivity index (χ0) is 15.0. The second-order valence-electron chi connectivity index (χ2n) is 6.32. The van der Waals surface area contributed by atoms with Crippen LogP contribution in [0.2, 0.25) is 0 Å². The Bertz CT molecular complexity index is 288. The maximum absolute atomic E-state index is 11.3. The number of likely N-dealkylation sites (tertiary alicyclic amines) is 1. The Hall–Kier alpha value is -0.610. The minimum absolute atomic E-state index is 0.702. The number of nitrogens with one attached hydrogen (secondary N) is 1. The minimum atomic E-state index is -0.760. The number of piperidine rings is 1. The number of carboxylic acids is 1. The van der Waals surface area contributed by atoms with Crippen LogP contribution in [0.25, 0.3) is 0 Å². The Morgan fingerprint density at radius 3 is 2.45 bits per heavy atom. The molecule has 0 aromatic rings. The molecule has 2 N–H and O–H groups in total. The molecular formula is C16H32N2O2. The van der Waals surface area contributed by atoms with Gasteiger partial charge in [-0.1, -0.05) is 20.3 Å². The van der Waals surface area contributed by atoms with Gasteiger partial charge in [-0.3, -0.25) is 4.79 Å². The molecule has 0 saturated carbocycles. The molecule has 0 spiro atoms. The highest BCUT2D eigenvalue weighted by molar-refractivity contribution is 5.78. The summed E-state index contributed by atoms with van der Waals surface area (Å²) in [5.74, 6) is 0.193. The molecule has 118 valence electrons. The summed E-state index contributed by atoms with van der Waals surface area (Å²) >= 11 is 0. The van der Waals surface area contributed by atoms with E-state index in [4.69, 9.17) is 0 Å². The summed E-state index contributed by atoms with van der Waals surface area (Å²) in [6.45, 7) is 10.3. The molecule has 1 unspecified atom stereocenters. The first-order valence-electron chi connectivity index (χ1n) is 8.22. The van der Waals surface area contributed by atoms with Gasteiger partial charge < -0.3 is 15.3 Å². The van der Waals surface area contributed by atoms with E-state index in [2.05, 4.69) is 17.1 Å². The van der Waals surface area contributed by atoms with Gasteiger partial charge in [-0.15, -0.1) is 0 Å². The lowest BCUT2D eigenvalue weighted by atomic mass is 9.93. The molecular weight excluding hydrogens is 252 g/mol. The lowest BCUT2D eigenvalue weighted by Gasteiger charge is -2.32. The summed E-state index contributed by atoms with van der Waals surface area (Å²) < 4.78 is 0. The fourth-order valence-corrected chi connectivity index (χ4v) is 3.09. The molecule has 1 atom stereocenters. The lowest BCUT2D eigenvalue weighted by molar-refractivity contribution is -0.144. The number of carbonyl (C=O) groups is 1. The predicted molar refractivity (Wildman–Crippen MR) is 83.0 cm³/mol. The average molecular weight is 284 g/mol. The van der Waals surface area contributed by atoms with E-state index in [1.165, 1.54) is 32.4 Å². The highest BCUT2D eigenvalue weighted by Crippen LogP contribution is 2.21. The van der Waals surface area contributed by atoms with Crippen molar-refractivity contribution in [1.29, 1.82) is 0 Å². The van der Waals surface area contributed by atoms with Crippen LogP contribution in [0.3, 0.4) is 0 Å². The standard InChI is InChI=1S/C16H32N2O2/c1-4-14-8-12-18(13-9-14)11-7-6-10-16(3,15(19)20)17-5-2/h14,17H,4-13H2,1-3H3,(H,19,20). The van der Waals surface area contributed by atoms with Crippen LogP contribution in [0.4, 0.5) is 0 Å². The number of unbranched alkanes of at least 4 members (excludes halogenated alkanes) is 1. The molecule has 0 aromatic heterocycles. The van der Waals surface area contributed by atoms with E-state index in [1.54, 1.807) is 6.92 Å². The van der Waals surface area contributed by atoms with Gasteiger partial charge in [0.25, 0.3) is 0 Å². The van der Waals surface area contributed by atoms with Crippen molar-refractivity contribution >= 4 is 5.97 Å². The summed E-state index contributed by atoms with van der Waals surface area (Å²) in [7, 11) is 0. The topological polar surface area (TPSA) is 52.6 Å². The van der Waals surface area contributed by atoms with Crippen LogP contribution in [0.5, 0.6) is 0 Å². The number of rotatable bonds is 9. The van der Waals surface area contributed by atoms with E-state index in [0.717, 1.165) is 25.3 Å². The number of hydrogen-bond acceptors (Lipinski definition) is 3. The zero-order valence-corrected chi connectivity index (χ0v) is 13.5. The minimum Gasteiger partial charge on any atom is -0.480 e. The van der Waals surface area contributed by atoms with E-state index in [0.29, 0.717) is 13.0 Å². The van der Waals surface area contributed by atoms with E-state index >= 15 is 0 Å². The third-order valence-electron chi connectivity index (χ3n) is 4.72. The molecule has 1 fully saturated rings. The van der Waals surface area contributed by atoms with E-state index < -0.39 is 11.5 Å². The third kappa shape index (κ3) is 5.41. The van der Waals surface area contributed by atoms with Crippen LogP contribution in [0.15, 0.2) is 0 Å². The molecule has 0 aliphatic carbocycles. The second-order valence-corrected chi connectivity index (χ2v) is 6.32. The molecule has 1 rings (SSSR count). The maximum Gasteiger partial charge on any atom is 0.323 e. The molecule has 0 aromatic carbocycles. The molecule has 1 aliphatic rings. The average Bonchev–Trinajstić information content (AvgIpc) is 2.44. The molecule has 1 heterocycles. The number of carboxylic acid groups (broad SMARTS) is 1. The molecule has 0 radical (unpaired) electrons. The predicted octanol–water partition coefficient (Wildman–Crippen LogP) is 2.73. The van der Waals surface area contributed by atoms with Gasteiger partial charge in [-0.2, -0.15) is 0 Å². The first kappa shape index (κ1) is 17.4. The van der Waals surface area contributed by atoms with Crippen LogP contribution in [0, 0.1) is 5.92 Å². The molecule has 0 bridgehead atoms. The quantitative estimate of drug-likeness (QED) is 0.639. The van der Waals surface area contributed by atoms with Crippen molar-refractivity contribution in [3.8, 4) is 0 Å². The van der Waals surface area contributed by atoms with Crippen LogP contribution in [-0.4, -0.2) is 47.7 Å². The summed E-state index contributed by atoms with van der Waals surface area (Å²) in [4.78, 5) is 13.8. The van der Waals surface area contributed by atoms with E-state index in [9.17, 15) is 9.90 Å². The summed E-state index contributed by atoms with van der Waals surface area (Å²) in [5.41, 5.74) is -0.760. The SMILES string of the molecule is CCNC(C)(CCCCN1CCC(CC)CC1)C(=O)O. The van der Waals surface area contributed by atoms with Crippen molar-refractivity contribution in [2.75, 3.05) is 26.2 Å². The van der Waals surface area contributed by atoms with Gasteiger partial charge in [-0.25, -0.2) is 0 Å². The number of likely N-dealkylation sites (N-methyl/N-ethyl adjacent to an activating group) is 1. The highest BCUT2D eigenvalue weighted by atomic mass is 16.4. The molecule has 0 amide bonds. The van der Waals surface area contributed by atoms with Crippen molar-refractivity contribution < 1.29 is 9.90 Å². The Morgan fingerprint density at radius 2 is 1.95 bits per heavy atom. The lowest BCUT2D eigenvalue weighted by Crippen LogP contribution is -2.49. The normalized spacial score (nSPS) is 20.8. The monoisotopic (exact) mass is 284 g/mol. The summed E-state index contributed by atoms with van der Waals surface area (Å²) in [6.07, 6.45) is 6.77. The summed E-state index contributed by atoms with van der Waals surface area (Å²) in [6, 6.07) is 0. The van der Waals surface area contributed by atoms with Crippen LogP contribution < -0.4 is 5.32 Å². The molecule has 1 saturated heterocycles. The van der Waals surface area contributed by atoms with Gasteiger partial charge in [0.15, 0.2) is 0 Å². The maximum atomic E-state index is 11.3. The largest absolute Gasteiger partial charge is 0.480 e. The van der Waals surface area contributed by atoms with Crippen LogP contribution >= 0.6 is 0 Å². The number of nitrogens with zero attached hydrogens (tertiary/aromatic N) is 1. The Balaban J connectivity index is 2.19. The number of aliphatic carboxylic acids is 1. The Morgan fingerprint density at radius 1 is 1.30 bits per heavy atom. The fourth-order valence-electron chi connectivity index (χ4n) is 3.09. The third-order valence-corrected chi connectivity index (χ3v) is 4.72. The van der Waals surface area contributed by atoms with Gasteiger partial charge in [0.2, 0.25) is 0 Å². The van der Waals surface area contributed by atoms with Crippen LogP contribution in [-0.2, 0) is 4.79 Å². The van der Waals surface area contributed by atoms with Gasteiger partial charge >= 0.3 is 5.97 Å². The van der Waals surface area contributed by atoms with Gasteiger partial charge in [-0.05, 0) is 71.1 Å². The van der Waals surface area contributed by atoms with Gasteiger partial charge in [0.05, 0.1) is 0 Å². The molecule has 4 nitrogen and oxygen atoms in total. The van der Waals surface area contributed by atoms with Crippen molar-refractivity contribution in [1.82, 2.24) is 10.2 Å². The van der Waals surface area contributed by atoms with E-state index in [-0.39, 0.29) is 0 Å². The fraction of sp³-hybridized carbons (Fsp3) is 0.938. The van der Waals surface area contributed by atoms with Crippen molar-refractivity contribution in [2.45, 2.75) is 64.8 Å². The molecule has 20 heavy (non-hydrogen) atoms. The van der Waals surface area contributed by atoms with Crippen molar-refractivity contribution in [2.24, 2.45) is 5.92 Å². The first-order chi connectivity index (χ1) is 9.51. The number of hydrogen-bond donors (Lipinski definition) is 2. The van der Waals surface area contributed by atoms with E-state index in [1.807, 2.05) is 6.92 Å². The zero-order valence-electron chi connectivity index (χ0n) is 13.5. The van der Waals surface area contributed by atoms with Crippen molar-refractivity contribution in [3.05, 3.63) is 0 Å². The molecule has 1 aliphatic heterocycles. The van der Waals surface area contributed by atoms with Crippen LogP contribution in [0.1, 0.15) is 59.3 Å².